The van der Waals surface area contributed by atoms with E-state index < -0.39 is 15.5 Å². The first-order chi connectivity index (χ1) is 19.7. The quantitative estimate of drug-likeness (QED) is 0.161. The van der Waals surface area contributed by atoms with Crippen molar-refractivity contribution >= 4 is 69.8 Å². The fourth-order valence-corrected chi connectivity index (χ4v) is 9.82. The lowest BCUT2D eigenvalue weighted by molar-refractivity contribution is -0.128. The largest absolute Gasteiger partial charge is 0.382 e. The zero-order valence-corrected chi connectivity index (χ0v) is 23.9. The van der Waals surface area contributed by atoms with Gasteiger partial charge in [0.05, 0.1) is 11.2 Å². The zero-order valence-electron chi connectivity index (χ0n) is 23.1. The van der Waals surface area contributed by atoms with E-state index in [4.69, 9.17) is 4.18 Å². The minimum absolute atomic E-state index is 0.0718. The monoisotopic (exact) mass is 558 g/mol. The van der Waals surface area contributed by atoms with Gasteiger partial charge >= 0.3 is 10.1 Å². The SMILES string of the molecule is CC1(C)[C@H]2CC[C@]1(CS(=O)(=O)Oc1ccc3c(ccc4ccc5ccc6ccc7ccccc7c6c5c43)c1)C(=O)C2. The van der Waals surface area contributed by atoms with Gasteiger partial charge in [0.15, 0.2) is 0 Å². The first-order valence-electron chi connectivity index (χ1n) is 14.3. The van der Waals surface area contributed by atoms with Gasteiger partial charge in [-0.05, 0) is 96.2 Å². The molecule has 2 bridgehead atoms. The highest BCUT2D eigenvalue weighted by Gasteiger charge is 2.65. The maximum atomic E-state index is 13.4. The Morgan fingerprint density at radius 2 is 1.32 bits per heavy atom. The van der Waals surface area contributed by atoms with E-state index in [0.717, 1.165) is 33.4 Å². The van der Waals surface area contributed by atoms with Crippen LogP contribution in [0.2, 0.25) is 0 Å². The van der Waals surface area contributed by atoms with Gasteiger partial charge in [0.1, 0.15) is 11.5 Å². The van der Waals surface area contributed by atoms with Gasteiger partial charge in [-0.15, -0.1) is 0 Å². The molecule has 0 heterocycles. The molecule has 4 nitrogen and oxygen atoms in total. The number of hydrogen-bond acceptors (Lipinski definition) is 4. The Kier molecular flexibility index (Phi) is 5.02. The summed E-state index contributed by atoms with van der Waals surface area (Å²) < 4.78 is 32.5. The number of ketones is 1. The van der Waals surface area contributed by atoms with Crippen LogP contribution < -0.4 is 4.18 Å². The van der Waals surface area contributed by atoms with E-state index in [2.05, 4.69) is 66.7 Å². The number of hydrogen-bond donors (Lipinski definition) is 0. The molecule has 0 N–H and O–H groups in total. The summed E-state index contributed by atoms with van der Waals surface area (Å²) in [4.78, 5) is 13.0. The summed E-state index contributed by atoms with van der Waals surface area (Å²) >= 11 is 0. The third-order valence-corrected chi connectivity index (χ3v) is 11.7. The van der Waals surface area contributed by atoms with Gasteiger partial charge in [0.2, 0.25) is 0 Å². The van der Waals surface area contributed by atoms with Crippen molar-refractivity contribution in [3.63, 3.8) is 0 Å². The van der Waals surface area contributed by atoms with E-state index >= 15 is 0 Å². The summed E-state index contributed by atoms with van der Waals surface area (Å²) in [5.41, 5.74) is -1.19. The van der Waals surface area contributed by atoms with Crippen molar-refractivity contribution in [3.8, 4) is 5.75 Å². The Morgan fingerprint density at radius 1 is 0.732 bits per heavy atom. The molecule has 0 aliphatic heterocycles. The third kappa shape index (κ3) is 3.45. The molecule has 0 amide bonds. The molecular formula is C36H30O4S. The average Bonchev–Trinajstić information content (AvgIpc) is 3.30. The molecule has 0 unspecified atom stereocenters. The molecule has 2 fully saturated rings. The molecule has 41 heavy (non-hydrogen) atoms. The number of carbonyl (C=O) groups excluding carboxylic acids is 1. The second-order valence-corrected chi connectivity index (χ2v) is 14.2. The molecule has 0 aromatic heterocycles. The normalized spacial score (nSPS) is 22.0. The summed E-state index contributed by atoms with van der Waals surface area (Å²) in [6.07, 6.45) is 1.99. The lowest BCUT2D eigenvalue weighted by Crippen LogP contribution is -2.43. The number of carbonyl (C=O) groups is 1. The second-order valence-electron chi connectivity index (χ2n) is 12.6. The van der Waals surface area contributed by atoms with Crippen molar-refractivity contribution < 1.29 is 17.4 Å². The van der Waals surface area contributed by atoms with Crippen molar-refractivity contribution in [3.05, 3.63) is 91.0 Å². The van der Waals surface area contributed by atoms with E-state index in [1.54, 1.807) is 6.07 Å². The van der Waals surface area contributed by atoms with E-state index in [9.17, 15) is 13.2 Å². The molecular weight excluding hydrogens is 528 g/mol. The predicted octanol–water partition coefficient (Wildman–Crippen LogP) is 8.56. The van der Waals surface area contributed by atoms with Gasteiger partial charge in [-0.2, -0.15) is 8.42 Å². The van der Waals surface area contributed by atoms with Crippen LogP contribution in [0.5, 0.6) is 5.75 Å². The first kappa shape index (κ1) is 24.8. The lowest BCUT2D eigenvalue weighted by Gasteiger charge is -2.35. The van der Waals surface area contributed by atoms with Gasteiger partial charge in [0, 0.05) is 6.42 Å². The molecule has 5 heteroatoms. The van der Waals surface area contributed by atoms with Gasteiger partial charge in [0.25, 0.3) is 0 Å². The molecule has 0 saturated heterocycles. The summed E-state index contributed by atoms with van der Waals surface area (Å²) in [5.74, 6) is 0.341. The molecule has 6 aromatic carbocycles. The van der Waals surface area contributed by atoms with Gasteiger partial charge in [-0.25, -0.2) is 0 Å². The molecule has 2 atom stereocenters. The molecule has 2 aliphatic carbocycles. The number of Topliss-reactive ketones (excluding diaryl/α,β-unsaturated/α-hetero) is 1. The van der Waals surface area contributed by atoms with Crippen LogP contribution in [-0.2, 0) is 14.9 Å². The minimum Gasteiger partial charge on any atom is -0.382 e. The fraction of sp³-hybridized carbons (Fsp3) is 0.250. The van der Waals surface area contributed by atoms with Crippen LogP contribution in [0.25, 0.3) is 53.9 Å². The van der Waals surface area contributed by atoms with Crippen molar-refractivity contribution in [2.24, 2.45) is 16.7 Å². The number of fused-ring (bicyclic) bond motifs is 11. The first-order valence-corrected chi connectivity index (χ1v) is 15.9. The van der Waals surface area contributed by atoms with E-state index in [1.807, 2.05) is 32.0 Å². The van der Waals surface area contributed by atoms with Gasteiger partial charge in [-0.3, -0.25) is 4.79 Å². The Balaban J connectivity index is 1.27. The highest BCUT2D eigenvalue weighted by atomic mass is 32.2. The molecule has 0 spiro atoms. The zero-order chi connectivity index (χ0) is 28.1. The second kappa shape index (κ2) is 8.29. The lowest BCUT2D eigenvalue weighted by atomic mass is 9.70. The van der Waals surface area contributed by atoms with Crippen molar-refractivity contribution in [1.82, 2.24) is 0 Å². The summed E-state index contributed by atoms with van der Waals surface area (Å²) in [6.45, 7) is 4.09. The average molecular weight is 559 g/mol. The van der Waals surface area contributed by atoms with E-state index in [-0.39, 0.29) is 28.6 Å². The highest BCUT2D eigenvalue weighted by Crippen LogP contribution is 2.64. The van der Waals surface area contributed by atoms with Crippen LogP contribution in [0.15, 0.2) is 91.0 Å². The molecule has 204 valence electrons. The van der Waals surface area contributed by atoms with Crippen LogP contribution in [0.1, 0.15) is 33.1 Å². The maximum Gasteiger partial charge on any atom is 0.310 e. The van der Waals surface area contributed by atoms with Crippen LogP contribution in [0, 0.1) is 16.7 Å². The van der Waals surface area contributed by atoms with Crippen molar-refractivity contribution in [2.75, 3.05) is 5.75 Å². The predicted molar refractivity (Wildman–Crippen MR) is 167 cm³/mol. The molecule has 2 aliphatic rings. The van der Waals surface area contributed by atoms with Crippen LogP contribution in [-0.4, -0.2) is 20.0 Å². The number of benzene rings is 6. The van der Waals surface area contributed by atoms with Gasteiger partial charge < -0.3 is 4.18 Å². The Labute approximate surface area is 239 Å². The van der Waals surface area contributed by atoms with Crippen LogP contribution in [0.4, 0.5) is 0 Å². The van der Waals surface area contributed by atoms with Crippen molar-refractivity contribution in [1.29, 1.82) is 0 Å². The Hall–Kier alpha value is -3.96. The van der Waals surface area contributed by atoms with Crippen LogP contribution in [0.3, 0.4) is 0 Å². The summed E-state index contributed by atoms with van der Waals surface area (Å²) in [6, 6.07) is 31.2. The Morgan fingerprint density at radius 3 is 1.95 bits per heavy atom. The standard InChI is InChI=1S/C36H30O4S/c1-35(2)27-17-18-36(35,31(37)20-27)21-41(38,39)40-28-15-16-30-26(19-28)14-13-24-10-12-25-11-9-23-8-7-22-5-3-4-6-29(22)32(23)34(25)33(24)30/h3-16,19,27H,17-18,20-21H2,1-2H3/t27-,36-/m0/s1. The molecule has 2 saturated carbocycles. The molecule has 6 aromatic rings. The maximum absolute atomic E-state index is 13.4. The van der Waals surface area contributed by atoms with E-state index in [0.29, 0.717) is 12.8 Å². The molecule has 8 rings (SSSR count). The highest BCUT2D eigenvalue weighted by molar-refractivity contribution is 7.87. The minimum atomic E-state index is -3.99. The van der Waals surface area contributed by atoms with Gasteiger partial charge in [-0.1, -0.05) is 86.6 Å². The van der Waals surface area contributed by atoms with Crippen molar-refractivity contribution in [2.45, 2.75) is 33.1 Å². The smallest absolute Gasteiger partial charge is 0.310 e. The number of rotatable bonds is 4. The Bertz CT molecular complexity index is 2200. The summed E-state index contributed by atoms with van der Waals surface area (Å²) in [7, 11) is -3.99. The van der Waals surface area contributed by atoms with Crippen LogP contribution >= 0.6 is 0 Å². The fourth-order valence-electron chi connectivity index (χ4n) is 8.08. The van der Waals surface area contributed by atoms with E-state index in [1.165, 1.54) is 26.9 Å². The summed E-state index contributed by atoms with van der Waals surface area (Å²) in [5, 5.41) is 11.4. The molecule has 0 radical (unpaired) electrons. The third-order valence-electron chi connectivity index (χ3n) is 10.4. The topological polar surface area (TPSA) is 60.4 Å².